The summed E-state index contributed by atoms with van der Waals surface area (Å²) >= 11 is 8.25. The predicted molar refractivity (Wildman–Crippen MR) is 87.8 cm³/mol. The van der Waals surface area contributed by atoms with Gasteiger partial charge in [0.05, 0.1) is 16.6 Å². The van der Waals surface area contributed by atoms with Gasteiger partial charge in [-0.3, -0.25) is 9.69 Å². The van der Waals surface area contributed by atoms with E-state index in [2.05, 4.69) is 20.8 Å². The maximum atomic E-state index is 13.8. The van der Waals surface area contributed by atoms with Crippen LogP contribution in [0.5, 0.6) is 0 Å². The molecule has 1 fully saturated rings. The molecule has 0 saturated carbocycles. The largest absolute Gasteiger partial charge is 0.392 e. The van der Waals surface area contributed by atoms with Gasteiger partial charge in [-0.2, -0.15) is 0 Å². The second-order valence-electron chi connectivity index (χ2n) is 5.03. The number of thiocarbonyl (C=S) groups is 1. The summed E-state index contributed by atoms with van der Waals surface area (Å²) in [4.78, 5) is 16.6. The SMILES string of the molecule is CC(C(N)=S)N1CCN(C(=O)c2cc(Br)ccc2F)CC1. The maximum Gasteiger partial charge on any atom is 0.256 e. The van der Waals surface area contributed by atoms with Crippen LogP contribution in [0, 0.1) is 5.82 Å². The molecule has 0 radical (unpaired) electrons. The number of hydrogen-bond donors (Lipinski definition) is 1. The summed E-state index contributed by atoms with van der Waals surface area (Å²) in [6, 6.07) is 4.40. The smallest absolute Gasteiger partial charge is 0.256 e. The van der Waals surface area contributed by atoms with Crippen LogP contribution in [0.1, 0.15) is 17.3 Å². The zero-order valence-corrected chi connectivity index (χ0v) is 14.1. The summed E-state index contributed by atoms with van der Waals surface area (Å²) < 4.78 is 14.5. The Kier molecular flexibility index (Phi) is 5.29. The molecule has 1 heterocycles. The monoisotopic (exact) mass is 373 g/mol. The standard InChI is InChI=1S/C14H17BrFN3OS/c1-9(13(17)21)18-4-6-19(7-5-18)14(20)11-8-10(15)2-3-12(11)16/h2-3,8-9H,4-7H2,1H3,(H2,17,21). The molecule has 1 aromatic carbocycles. The molecule has 1 atom stereocenters. The highest BCUT2D eigenvalue weighted by Crippen LogP contribution is 2.18. The van der Waals surface area contributed by atoms with Crippen molar-refractivity contribution >= 4 is 39.0 Å². The van der Waals surface area contributed by atoms with E-state index in [9.17, 15) is 9.18 Å². The lowest BCUT2D eigenvalue weighted by Crippen LogP contribution is -2.54. The lowest BCUT2D eigenvalue weighted by Gasteiger charge is -2.37. The van der Waals surface area contributed by atoms with E-state index in [4.69, 9.17) is 18.0 Å². The molecule has 1 amide bonds. The molecule has 21 heavy (non-hydrogen) atoms. The first-order valence-electron chi connectivity index (χ1n) is 6.68. The first-order chi connectivity index (χ1) is 9.90. The van der Waals surface area contributed by atoms with Gasteiger partial charge in [-0.25, -0.2) is 4.39 Å². The van der Waals surface area contributed by atoms with E-state index in [1.54, 1.807) is 11.0 Å². The topological polar surface area (TPSA) is 49.6 Å². The summed E-state index contributed by atoms with van der Waals surface area (Å²) in [6.07, 6.45) is 0. The Balaban J connectivity index is 2.03. The molecule has 1 unspecified atom stereocenters. The molecule has 1 aliphatic rings. The van der Waals surface area contributed by atoms with Crippen LogP contribution < -0.4 is 5.73 Å². The molecule has 7 heteroatoms. The Morgan fingerprint density at radius 2 is 2.00 bits per heavy atom. The van der Waals surface area contributed by atoms with E-state index in [1.807, 2.05) is 6.92 Å². The van der Waals surface area contributed by atoms with Gasteiger partial charge in [0.15, 0.2) is 0 Å². The van der Waals surface area contributed by atoms with Gasteiger partial charge in [0, 0.05) is 30.7 Å². The zero-order chi connectivity index (χ0) is 15.6. The summed E-state index contributed by atoms with van der Waals surface area (Å²) in [6.45, 7) is 4.39. The van der Waals surface area contributed by atoms with E-state index in [0.717, 1.165) is 0 Å². The van der Waals surface area contributed by atoms with Crippen LogP contribution in [0.25, 0.3) is 0 Å². The number of nitrogens with two attached hydrogens (primary N) is 1. The fourth-order valence-electron chi connectivity index (χ4n) is 2.32. The molecule has 0 bridgehead atoms. The van der Waals surface area contributed by atoms with Crippen LogP contribution in [0.3, 0.4) is 0 Å². The Morgan fingerprint density at radius 3 is 2.57 bits per heavy atom. The fourth-order valence-corrected chi connectivity index (χ4v) is 2.83. The lowest BCUT2D eigenvalue weighted by molar-refractivity contribution is 0.0617. The molecule has 0 aliphatic carbocycles. The van der Waals surface area contributed by atoms with Crippen LogP contribution in [-0.4, -0.2) is 52.9 Å². The van der Waals surface area contributed by atoms with Gasteiger partial charge in [0.2, 0.25) is 0 Å². The van der Waals surface area contributed by atoms with Crippen molar-refractivity contribution < 1.29 is 9.18 Å². The second-order valence-corrected chi connectivity index (χ2v) is 6.42. The van der Waals surface area contributed by atoms with Gasteiger partial charge in [-0.05, 0) is 25.1 Å². The highest BCUT2D eigenvalue weighted by molar-refractivity contribution is 9.10. The minimum absolute atomic E-state index is 0.0138. The zero-order valence-electron chi connectivity index (χ0n) is 11.7. The number of carbonyl (C=O) groups is 1. The highest BCUT2D eigenvalue weighted by atomic mass is 79.9. The third-order valence-corrected chi connectivity index (χ3v) is 4.55. The number of carbonyl (C=O) groups excluding carboxylic acids is 1. The minimum atomic E-state index is -0.498. The Labute approximate surface area is 137 Å². The molecule has 1 saturated heterocycles. The molecule has 1 aromatic rings. The van der Waals surface area contributed by atoms with Crippen molar-refractivity contribution in [3.05, 3.63) is 34.1 Å². The Morgan fingerprint density at radius 1 is 1.38 bits per heavy atom. The molecule has 1 aliphatic heterocycles. The molecule has 4 nitrogen and oxygen atoms in total. The van der Waals surface area contributed by atoms with E-state index >= 15 is 0 Å². The van der Waals surface area contributed by atoms with E-state index in [0.29, 0.717) is 35.6 Å². The van der Waals surface area contributed by atoms with Crippen LogP contribution in [-0.2, 0) is 0 Å². The first kappa shape index (κ1) is 16.3. The van der Waals surface area contributed by atoms with Gasteiger partial charge in [-0.1, -0.05) is 28.1 Å². The van der Waals surface area contributed by atoms with E-state index < -0.39 is 5.82 Å². The van der Waals surface area contributed by atoms with E-state index in [-0.39, 0.29) is 17.5 Å². The predicted octanol–water partition coefficient (Wildman–Crippen LogP) is 2.02. The van der Waals surface area contributed by atoms with Gasteiger partial charge >= 0.3 is 0 Å². The second kappa shape index (κ2) is 6.81. The Hall–Kier alpha value is -1.05. The van der Waals surface area contributed by atoms with Crippen molar-refractivity contribution in [1.82, 2.24) is 9.80 Å². The van der Waals surface area contributed by atoms with E-state index in [1.165, 1.54) is 12.1 Å². The van der Waals surface area contributed by atoms with Crippen molar-refractivity contribution in [1.29, 1.82) is 0 Å². The van der Waals surface area contributed by atoms with Gasteiger partial charge in [-0.15, -0.1) is 0 Å². The van der Waals surface area contributed by atoms with Gasteiger partial charge < -0.3 is 10.6 Å². The van der Waals surface area contributed by atoms with Crippen LogP contribution in [0.4, 0.5) is 4.39 Å². The number of rotatable bonds is 3. The van der Waals surface area contributed by atoms with Gasteiger partial charge in [0.1, 0.15) is 5.82 Å². The van der Waals surface area contributed by atoms with Gasteiger partial charge in [0.25, 0.3) is 5.91 Å². The molecule has 114 valence electrons. The Bertz CT molecular complexity index is 561. The number of piperazine rings is 1. The van der Waals surface area contributed by atoms with Crippen LogP contribution in [0.15, 0.2) is 22.7 Å². The highest BCUT2D eigenvalue weighted by Gasteiger charge is 2.26. The summed E-state index contributed by atoms with van der Waals surface area (Å²) in [5.41, 5.74) is 5.74. The van der Waals surface area contributed by atoms with Crippen molar-refractivity contribution in [2.24, 2.45) is 5.73 Å². The third-order valence-electron chi connectivity index (χ3n) is 3.72. The third kappa shape index (κ3) is 3.78. The van der Waals surface area contributed by atoms with Crippen molar-refractivity contribution in [2.45, 2.75) is 13.0 Å². The summed E-state index contributed by atoms with van der Waals surface area (Å²) in [5, 5.41) is 0. The maximum absolute atomic E-state index is 13.8. The summed E-state index contributed by atoms with van der Waals surface area (Å²) in [7, 11) is 0. The molecular weight excluding hydrogens is 357 g/mol. The average Bonchev–Trinajstić information content (AvgIpc) is 2.48. The number of hydrogen-bond acceptors (Lipinski definition) is 3. The number of halogens is 2. The molecule has 2 N–H and O–H groups in total. The average molecular weight is 374 g/mol. The van der Waals surface area contributed by atoms with Crippen molar-refractivity contribution in [3.8, 4) is 0 Å². The molecular formula is C14H17BrFN3OS. The van der Waals surface area contributed by atoms with Crippen LogP contribution >= 0.6 is 28.1 Å². The molecule has 2 rings (SSSR count). The summed E-state index contributed by atoms with van der Waals surface area (Å²) in [5.74, 6) is -0.779. The quantitative estimate of drug-likeness (QED) is 0.823. The molecule has 0 spiro atoms. The first-order valence-corrected chi connectivity index (χ1v) is 7.88. The van der Waals surface area contributed by atoms with Crippen molar-refractivity contribution in [2.75, 3.05) is 26.2 Å². The number of nitrogens with zero attached hydrogens (tertiary/aromatic N) is 2. The fraction of sp³-hybridized carbons (Fsp3) is 0.429. The van der Waals surface area contributed by atoms with Crippen LogP contribution in [0.2, 0.25) is 0 Å². The normalized spacial score (nSPS) is 17.6. The minimum Gasteiger partial charge on any atom is -0.392 e. The lowest BCUT2D eigenvalue weighted by atomic mass is 10.1. The molecule has 0 aromatic heterocycles. The number of benzene rings is 1. The number of amides is 1. The van der Waals surface area contributed by atoms with Crippen molar-refractivity contribution in [3.63, 3.8) is 0 Å².